The molecular weight excluding hydrogens is 434 g/mol. The van der Waals surface area contributed by atoms with E-state index in [1.54, 1.807) is 18.9 Å². The molecule has 0 unspecified atom stereocenters. The number of thiocarbonyl (C=S) groups is 1. The van der Waals surface area contributed by atoms with E-state index in [1.165, 1.54) is 11.8 Å². The van der Waals surface area contributed by atoms with E-state index in [1.807, 2.05) is 24.3 Å². The molecule has 1 aliphatic heterocycles. The molecule has 0 aliphatic carbocycles. The molecule has 8 heteroatoms. The molecule has 1 aliphatic rings. The molecule has 0 radical (unpaired) electrons. The number of carbonyl (C=O) groups is 2. The monoisotopic (exact) mass is 465 g/mol. The van der Waals surface area contributed by atoms with Crippen molar-refractivity contribution in [2.45, 2.75) is 52.4 Å². The molecule has 31 heavy (non-hydrogen) atoms. The Balaban J connectivity index is 1.93. The standard InChI is InChI=1S/C23H31NO5S2/c1-4-6-14-29-18-12-11-17(15-19(18)27-3)16-20-22(26)24(23(30)31-20)13-9-7-8-10-21(25)28-5-2/h11-12,15-16H,4-10,13-14H2,1-3H3/b20-16-. The van der Waals surface area contributed by atoms with Gasteiger partial charge in [-0.15, -0.1) is 0 Å². The van der Waals surface area contributed by atoms with E-state index in [-0.39, 0.29) is 11.9 Å². The molecule has 0 aromatic heterocycles. The van der Waals surface area contributed by atoms with E-state index in [0.29, 0.717) is 46.9 Å². The maximum absolute atomic E-state index is 12.8. The van der Waals surface area contributed by atoms with Crippen LogP contribution in [-0.4, -0.2) is 48.0 Å². The lowest BCUT2D eigenvalue weighted by Crippen LogP contribution is -2.29. The molecule has 1 amide bonds. The second-order valence-electron chi connectivity index (χ2n) is 7.06. The van der Waals surface area contributed by atoms with Crippen molar-refractivity contribution in [2.24, 2.45) is 0 Å². The van der Waals surface area contributed by atoms with Crippen LogP contribution in [0.15, 0.2) is 23.1 Å². The number of hydrogen-bond donors (Lipinski definition) is 0. The molecule has 1 aromatic rings. The van der Waals surface area contributed by atoms with Gasteiger partial charge in [-0.3, -0.25) is 14.5 Å². The van der Waals surface area contributed by atoms with Crippen LogP contribution in [0.25, 0.3) is 6.08 Å². The minimum Gasteiger partial charge on any atom is -0.493 e. The van der Waals surface area contributed by atoms with Crippen LogP contribution in [0.5, 0.6) is 11.5 Å². The highest BCUT2D eigenvalue weighted by Gasteiger charge is 2.31. The van der Waals surface area contributed by atoms with Crippen LogP contribution in [0.2, 0.25) is 0 Å². The first-order valence-electron chi connectivity index (χ1n) is 10.7. The van der Waals surface area contributed by atoms with E-state index in [9.17, 15) is 9.59 Å². The first-order chi connectivity index (χ1) is 15.0. The Hall–Kier alpha value is -2.06. The maximum atomic E-state index is 12.8. The van der Waals surface area contributed by atoms with E-state index in [0.717, 1.165) is 37.7 Å². The molecule has 0 bridgehead atoms. The van der Waals surface area contributed by atoms with Gasteiger partial charge in [0.1, 0.15) is 4.32 Å². The third-order valence-electron chi connectivity index (χ3n) is 4.68. The van der Waals surface area contributed by atoms with Crippen molar-refractivity contribution in [1.29, 1.82) is 0 Å². The molecule has 1 aromatic carbocycles. The zero-order valence-corrected chi connectivity index (χ0v) is 20.1. The predicted molar refractivity (Wildman–Crippen MR) is 128 cm³/mol. The molecule has 1 saturated heterocycles. The lowest BCUT2D eigenvalue weighted by Gasteiger charge is -2.14. The van der Waals surface area contributed by atoms with Gasteiger partial charge in [0.2, 0.25) is 0 Å². The van der Waals surface area contributed by atoms with Crippen LogP contribution in [0.3, 0.4) is 0 Å². The number of nitrogens with zero attached hydrogens (tertiary/aromatic N) is 1. The summed E-state index contributed by atoms with van der Waals surface area (Å²) in [6.07, 6.45) is 6.66. The zero-order chi connectivity index (χ0) is 22.6. The SMILES string of the molecule is CCCCOc1ccc(/C=C2\SC(=S)N(CCCCCC(=O)OCC)C2=O)cc1OC. The van der Waals surface area contributed by atoms with Gasteiger partial charge in [0.15, 0.2) is 11.5 Å². The number of amides is 1. The Bertz CT molecular complexity index is 809. The minimum atomic E-state index is -0.173. The molecular formula is C23H31NO5S2. The Kier molecular flexibility index (Phi) is 10.9. The number of unbranched alkanes of at least 4 members (excludes halogenated alkanes) is 3. The van der Waals surface area contributed by atoms with Crippen molar-refractivity contribution in [3.05, 3.63) is 28.7 Å². The molecule has 1 fully saturated rings. The van der Waals surface area contributed by atoms with Gasteiger partial charge in [0.05, 0.1) is 25.2 Å². The lowest BCUT2D eigenvalue weighted by molar-refractivity contribution is -0.143. The highest BCUT2D eigenvalue weighted by Crippen LogP contribution is 2.35. The molecule has 1 heterocycles. The van der Waals surface area contributed by atoms with Crippen LogP contribution >= 0.6 is 24.0 Å². The number of ether oxygens (including phenoxy) is 3. The summed E-state index contributed by atoms with van der Waals surface area (Å²) in [7, 11) is 1.60. The molecule has 2 rings (SSSR count). The minimum absolute atomic E-state index is 0.0809. The summed E-state index contributed by atoms with van der Waals surface area (Å²) in [6, 6.07) is 5.64. The smallest absolute Gasteiger partial charge is 0.305 e. The van der Waals surface area contributed by atoms with Crippen molar-refractivity contribution in [3.8, 4) is 11.5 Å². The quantitative estimate of drug-likeness (QED) is 0.172. The molecule has 170 valence electrons. The molecule has 6 nitrogen and oxygen atoms in total. The maximum Gasteiger partial charge on any atom is 0.305 e. The Morgan fingerprint density at radius 2 is 1.97 bits per heavy atom. The van der Waals surface area contributed by atoms with Crippen molar-refractivity contribution in [1.82, 2.24) is 4.90 Å². The first-order valence-corrected chi connectivity index (χ1v) is 11.9. The number of esters is 1. The summed E-state index contributed by atoms with van der Waals surface area (Å²) in [5.41, 5.74) is 0.856. The Morgan fingerprint density at radius 1 is 1.16 bits per heavy atom. The number of hydrogen-bond acceptors (Lipinski definition) is 7. The summed E-state index contributed by atoms with van der Waals surface area (Å²) >= 11 is 6.71. The van der Waals surface area contributed by atoms with E-state index in [2.05, 4.69) is 6.92 Å². The molecule has 0 spiro atoms. The first kappa shape index (κ1) is 25.2. The van der Waals surface area contributed by atoms with Gasteiger partial charge in [-0.25, -0.2) is 0 Å². The van der Waals surface area contributed by atoms with Crippen molar-refractivity contribution in [2.75, 3.05) is 26.9 Å². The Morgan fingerprint density at radius 3 is 2.68 bits per heavy atom. The van der Waals surface area contributed by atoms with Gasteiger partial charge in [-0.1, -0.05) is 49.8 Å². The van der Waals surface area contributed by atoms with Crippen LogP contribution in [-0.2, 0) is 14.3 Å². The van der Waals surface area contributed by atoms with Gasteiger partial charge >= 0.3 is 5.97 Å². The highest BCUT2D eigenvalue weighted by molar-refractivity contribution is 8.26. The van der Waals surface area contributed by atoms with Crippen LogP contribution in [0.1, 0.15) is 57.9 Å². The molecule has 0 N–H and O–H groups in total. The summed E-state index contributed by atoms with van der Waals surface area (Å²) in [5, 5.41) is 0. The summed E-state index contributed by atoms with van der Waals surface area (Å²) in [4.78, 5) is 26.4. The normalized spacial score (nSPS) is 14.9. The highest BCUT2D eigenvalue weighted by atomic mass is 32.2. The summed E-state index contributed by atoms with van der Waals surface area (Å²) in [5.74, 6) is 1.08. The fraction of sp³-hybridized carbons (Fsp3) is 0.522. The fourth-order valence-electron chi connectivity index (χ4n) is 3.01. The topological polar surface area (TPSA) is 65.1 Å². The molecule has 0 saturated carbocycles. The summed E-state index contributed by atoms with van der Waals surface area (Å²) in [6.45, 7) is 5.51. The van der Waals surface area contributed by atoms with Gasteiger partial charge < -0.3 is 14.2 Å². The number of rotatable bonds is 13. The van der Waals surface area contributed by atoms with Crippen molar-refractivity contribution >= 4 is 46.3 Å². The lowest BCUT2D eigenvalue weighted by atomic mass is 10.1. The average Bonchev–Trinajstić information content (AvgIpc) is 3.01. The summed E-state index contributed by atoms with van der Waals surface area (Å²) < 4.78 is 16.7. The van der Waals surface area contributed by atoms with E-state index in [4.69, 9.17) is 26.4 Å². The van der Waals surface area contributed by atoms with Crippen LogP contribution < -0.4 is 9.47 Å². The van der Waals surface area contributed by atoms with Gasteiger partial charge in [-0.05, 0) is 50.0 Å². The third kappa shape index (κ3) is 7.85. The third-order valence-corrected chi connectivity index (χ3v) is 6.06. The zero-order valence-electron chi connectivity index (χ0n) is 18.5. The molecule has 0 atom stereocenters. The fourth-order valence-corrected chi connectivity index (χ4v) is 4.32. The van der Waals surface area contributed by atoms with Crippen molar-refractivity contribution in [3.63, 3.8) is 0 Å². The van der Waals surface area contributed by atoms with Crippen molar-refractivity contribution < 1.29 is 23.8 Å². The van der Waals surface area contributed by atoms with Crippen LogP contribution in [0, 0.1) is 0 Å². The predicted octanol–water partition coefficient (Wildman–Crippen LogP) is 5.20. The van der Waals surface area contributed by atoms with E-state index < -0.39 is 0 Å². The number of thioether (sulfide) groups is 1. The number of benzene rings is 1. The van der Waals surface area contributed by atoms with E-state index >= 15 is 0 Å². The van der Waals surface area contributed by atoms with Crippen LogP contribution in [0.4, 0.5) is 0 Å². The number of methoxy groups -OCH3 is 1. The number of carbonyl (C=O) groups excluding carboxylic acids is 2. The van der Waals surface area contributed by atoms with Gasteiger partial charge in [-0.2, -0.15) is 0 Å². The van der Waals surface area contributed by atoms with Gasteiger partial charge in [0, 0.05) is 13.0 Å². The largest absolute Gasteiger partial charge is 0.493 e. The van der Waals surface area contributed by atoms with Gasteiger partial charge in [0.25, 0.3) is 5.91 Å². The Labute approximate surface area is 194 Å². The second-order valence-corrected chi connectivity index (χ2v) is 8.74. The second kappa shape index (κ2) is 13.4. The average molecular weight is 466 g/mol.